The zero-order chi connectivity index (χ0) is 25.9. The van der Waals surface area contributed by atoms with Crippen LogP contribution in [0, 0.1) is 0 Å². The molecule has 1 saturated heterocycles. The van der Waals surface area contributed by atoms with E-state index in [1.54, 1.807) is 0 Å². The summed E-state index contributed by atoms with van der Waals surface area (Å²) in [6.45, 7) is -1.15. The van der Waals surface area contributed by atoms with Crippen LogP contribution in [0.15, 0.2) is 34.7 Å². The number of alkyl halides is 6. The van der Waals surface area contributed by atoms with E-state index >= 15 is 0 Å². The van der Waals surface area contributed by atoms with Crippen LogP contribution in [0.1, 0.15) is 34.4 Å². The van der Waals surface area contributed by atoms with E-state index in [0.29, 0.717) is 18.6 Å². The van der Waals surface area contributed by atoms with Crippen molar-refractivity contribution >= 4 is 25.8 Å². The smallest absolute Gasteiger partial charge is 0.447 e. The van der Waals surface area contributed by atoms with E-state index in [0.717, 1.165) is 12.1 Å². The Morgan fingerprint density at radius 3 is 2.64 bits per heavy atom. The number of nitrogens with one attached hydrogen (secondary N) is 2. The first kappa shape index (κ1) is 25.8. The van der Waals surface area contributed by atoms with Gasteiger partial charge >= 0.3 is 18.6 Å². The van der Waals surface area contributed by atoms with Gasteiger partial charge in [0.2, 0.25) is 5.89 Å². The lowest BCUT2D eigenvalue weighted by Crippen LogP contribution is -2.50. The second-order valence-corrected chi connectivity index (χ2v) is 10.5. The highest BCUT2D eigenvalue weighted by Crippen LogP contribution is 2.31. The van der Waals surface area contributed by atoms with Crippen molar-refractivity contribution < 1.29 is 45.0 Å². The molecule has 2 atom stereocenters. The van der Waals surface area contributed by atoms with E-state index in [2.05, 4.69) is 30.2 Å². The number of rotatable bonds is 7. The molecule has 2 N–H and O–H groups in total. The van der Waals surface area contributed by atoms with Crippen molar-refractivity contribution in [3.63, 3.8) is 0 Å². The number of carbonyl (C=O) groups is 1. The van der Waals surface area contributed by atoms with Crippen LogP contribution in [-0.2, 0) is 10.9 Å². The molecule has 1 aromatic carbocycles. The molecule has 0 bridgehead atoms. The fourth-order valence-electron chi connectivity index (χ4n) is 3.58. The van der Waals surface area contributed by atoms with Gasteiger partial charge < -0.3 is 19.5 Å². The number of nitrogens with zero attached hydrogens (tertiary/aromatic N) is 3. The predicted octanol–water partition coefficient (Wildman–Crippen LogP) is 3.28. The number of fused-ring (bicyclic) bond motifs is 1. The van der Waals surface area contributed by atoms with E-state index < -0.39 is 46.2 Å². The SMILES string of the molecule is O=C(N[Si@H]1CC[C@H](c2nnc(OCCOC(F)(F)F)o2)NC1)c1ccc2cc(C(F)(F)F)ccc2n1. The molecule has 4 rings (SSSR count). The largest absolute Gasteiger partial charge is 0.522 e. The maximum absolute atomic E-state index is 12.9. The van der Waals surface area contributed by atoms with Crippen LogP contribution in [0.25, 0.3) is 10.9 Å². The molecule has 0 saturated carbocycles. The van der Waals surface area contributed by atoms with Crippen molar-refractivity contribution in [1.82, 2.24) is 25.5 Å². The van der Waals surface area contributed by atoms with Crippen LogP contribution in [0.3, 0.4) is 0 Å². The molecule has 9 nitrogen and oxygen atoms in total. The molecular formula is C20H19F6N5O4Si. The molecule has 0 unspecified atom stereocenters. The highest BCUT2D eigenvalue weighted by Gasteiger charge is 2.31. The molecule has 3 heterocycles. The van der Waals surface area contributed by atoms with Gasteiger partial charge in [-0.2, -0.15) is 13.2 Å². The Balaban J connectivity index is 1.27. The van der Waals surface area contributed by atoms with Crippen molar-refractivity contribution in [3.8, 4) is 6.08 Å². The second-order valence-electron chi connectivity index (χ2n) is 7.86. The van der Waals surface area contributed by atoms with Crippen molar-refractivity contribution in [3.05, 3.63) is 47.5 Å². The van der Waals surface area contributed by atoms with Crippen LogP contribution in [0.2, 0.25) is 6.04 Å². The third-order valence-corrected chi connectivity index (χ3v) is 7.72. The second kappa shape index (κ2) is 10.4. The Hall–Kier alpha value is -3.24. The third-order valence-electron chi connectivity index (χ3n) is 5.29. The van der Waals surface area contributed by atoms with E-state index in [1.165, 1.54) is 18.2 Å². The highest BCUT2D eigenvalue weighted by atomic mass is 28.3. The number of pyridine rings is 1. The molecule has 1 aliphatic rings. The van der Waals surface area contributed by atoms with E-state index in [4.69, 9.17) is 9.15 Å². The summed E-state index contributed by atoms with van der Waals surface area (Å²) in [5.41, 5.74) is -0.414. The third kappa shape index (κ3) is 6.70. The van der Waals surface area contributed by atoms with Crippen LogP contribution in [-0.4, -0.2) is 55.8 Å². The number of halogens is 6. The lowest BCUT2D eigenvalue weighted by atomic mass is 10.1. The maximum Gasteiger partial charge on any atom is 0.522 e. The summed E-state index contributed by atoms with van der Waals surface area (Å²) >= 11 is 0. The minimum absolute atomic E-state index is 0.102. The Morgan fingerprint density at radius 1 is 1.14 bits per heavy atom. The van der Waals surface area contributed by atoms with Crippen LogP contribution in [0.5, 0.6) is 6.08 Å². The van der Waals surface area contributed by atoms with Gasteiger partial charge in [0.25, 0.3) is 5.91 Å². The molecule has 194 valence electrons. The molecule has 2 aromatic heterocycles. The standard InChI is InChI=1S/C20H19F6N5O4Si/c21-19(22,23)12-2-4-13-11(9-12)1-3-14(28-13)16(32)31-36-8-5-15(27-10-36)17-29-30-18(35-17)33-6-7-34-20(24,25)26/h1-4,9,15,27,36H,5-8,10H2,(H,31,32)/t15-,36+/m1/s1. The van der Waals surface area contributed by atoms with E-state index in [-0.39, 0.29) is 34.6 Å². The number of ether oxygens (including phenoxy) is 2. The van der Waals surface area contributed by atoms with E-state index in [1.807, 2.05) is 0 Å². The molecular weight excluding hydrogens is 516 g/mol. The van der Waals surface area contributed by atoms with Gasteiger partial charge in [0.1, 0.15) is 12.3 Å². The Morgan fingerprint density at radius 2 is 1.94 bits per heavy atom. The predicted molar refractivity (Wildman–Crippen MR) is 113 cm³/mol. The van der Waals surface area contributed by atoms with Gasteiger partial charge in [0.15, 0.2) is 8.96 Å². The molecule has 16 heteroatoms. The number of amides is 1. The number of hydrogen-bond acceptors (Lipinski definition) is 8. The summed E-state index contributed by atoms with van der Waals surface area (Å²) in [6.07, 6.45) is -8.47. The molecule has 0 aliphatic carbocycles. The zero-order valence-electron chi connectivity index (χ0n) is 18.3. The summed E-state index contributed by atoms with van der Waals surface area (Å²) in [7, 11) is -1.78. The molecule has 1 fully saturated rings. The summed E-state index contributed by atoms with van der Waals surface area (Å²) in [5.74, 6) is -0.210. The Kier molecular flexibility index (Phi) is 7.46. The topological polar surface area (TPSA) is 111 Å². The van der Waals surface area contributed by atoms with Gasteiger partial charge in [-0.1, -0.05) is 11.2 Å². The zero-order valence-corrected chi connectivity index (χ0v) is 19.5. The summed E-state index contributed by atoms with van der Waals surface area (Å²) in [4.78, 5) is 19.8. The Labute approximate surface area is 200 Å². The first-order valence-corrected chi connectivity index (χ1v) is 12.9. The van der Waals surface area contributed by atoms with Crippen molar-refractivity contribution in [2.45, 2.75) is 31.0 Å². The average Bonchev–Trinajstić information content (AvgIpc) is 3.29. The van der Waals surface area contributed by atoms with Gasteiger partial charge in [0, 0.05) is 11.6 Å². The van der Waals surface area contributed by atoms with Crippen LogP contribution >= 0.6 is 0 Å². The molecule has 0 spiro atoms. The molecule has 1 amide bonds. The van der Waals surface area contributed by atoms with Gasteiger partial charge in [-0.05, 0) is 36.7 Å². The fraction of sp³-hybridized carbons (Fsp3) is 0.400. The van der Waals surface area contributed by atoms with Gasteiger partial charge in [-0.15, -0.1) is 18.3 Å². The Bertz CT molecular complexity index is 1210. The number of aromatic nitrogens is 3. The normalized spacial score (nSPS) is 18.8. The number of hydrogen-bond donors (Lipinski definition) is 2. The van der Waals surface area contributed by atoms with E-state index in [9.17, 15) is 31.1 Å². The van der Waals surface area contributed by atoms with Crippen LogP contribution < -0.4 is 15.0 Å². The summed E-state index contributed by atoms with van der Waals surface area (Å²) < 4.78 is 88.3. The quantitative estimate of drug-likeness (QED) is 0.270. The monoisotopic (exact) mass is 535 g/mol. The lowest BCUT2D eigenvalue weighted by Gasteiger charge is -2.27. The maximum atomic E-state index is 12.9. The van der Waals surface area contributed by atoms with Crippen molar-refractivity contribution in [2.24, 2.45) is 0 Å². The summed E-state index contributed by atoms with van der Waals surface area (Å²) in [6, 6.07) is 6.28. The van der Waals surface area contributed by atoms with Crippen molar-refractivity contribution in [2.75, 3.05) is 19.4 Å². The minimum Gasteiger partial charge on any atom is -0.447 e. The average molecular weight is 535 g/mol. The molecule has 0 radical (unpaired) electrons. The summed E-state index contributed by atoms with van der Waals surface area (Å²) in [5, 5.41) is 10.9. The lowest BCUT2D eigenvalue weighted by molar-refractivity contribution is -0.325. The van der Waals surface area contributed by atoms with Gasteiger partial charge in [0.05, 0.1) is 23.7 Å². The molecule has 1 aliphatic heterocycles. The number of carbonyl (C=O) groups excluding carboxylic acids is 1. The first-order chi connectivity index (χ1) is 17.0. The first-order valence-electron chi connectivity index (χ1n) is 10.7. The van der Waals surface area contributed by atoms with Crippen LogP contribution in [0.4, 0.5) is 26.3 Å². The van der Waals surface area contributed by atoms with Crippen molar-refractivity contribution in [1.29, 1.82) is 0 Å². The fourth-order valence-corrected chi connectivity index (χ4v) is 5.86. The number of benzene rings is 1. The minimum atomic E-state index is -4.75. The molecule has 3 aromatic rings. The van der Waals surface area contributed by atoms with Gasteiger partial charge in [-0.25, -0.2) is 4.98 Å². The van der Waals surface area contributed by atoms with Gasteiger partial charge in [-0.3, -0.25) is 9.53 Å². The molecule has 36 heavy (non-hydrogen) atoms. The highest BCUT2D eigenvalue weighted by molar-refractivity contribution is 6.59.